The number of fused-ring (bicyclic) bond motifs is 6. The first-order valence-corrected chi connectivity index (χ1v) is 21.2. The minimum Gasteiger partial charge on any atom is -0.309 e. The van der Waals surface area contributed by atoms with Crippen LogP contribution in [0.3, 0.4) is 0 Å². The molecule has 0 radical (unpaired) electrons. The highest BCUT2D eigenvalue weighted by Crippen LogP contribution is 2.46. The van der Waals surface area contributed by atoms with Crippen molar-refractivity contribution in [3.63, 3.8) is 0 Å². The topological polar surface area (TPSA) is 57.4 Å². The molecular weight excluding hydrogens is 798 g/mol. The largest absolute Gasteiger partial charge is 0.417 e. The SMILES string of the molecule is Cc1cc(C)c(-c2ccc3c(c2)c2ccccc2n3-c2cc(-c3c(C#N)cccc3C(F)(F)F)c(-n3c4ccccc4c4cc(-c5c(C)cc(C)cc5C)ccc43)cc2C#N)c(C)c1. The molecule has 0 saturated carbocycles. The molecule has 0 fully saturated rings. The van der Waals surface area contributed by atoms with Gasteiger partial charge in [0.15, 0.2) is 0 Å². The molecule has 10 aromatic rings. The minimum absolute atomic E-state index is 0.129. The Kier molecular flexibility index (Phi) is 9.36. The van der Waals surface area contributed by atoms with Gasteiger partial charge in [-0.2, -0.15) is 23.7 Å². The Hall–Kier alpha value is -7.87. The Labute approximate surface area is 369 Å². The van der Waals surface area contributed by atoms with E-state index in [0.29, 0.717) is 11.4 Å². The summed E-state index contributed by atoms with van der Waals surface area (Å²) in [5.74, 6) is 0. The van der Waals surface area contributed by atoms with Crippen molar-refractivity contribution in [3.05, 3.63) is 190 Å². The van der Waals surface area contributed by atoms with Gasteiger partial charge < -0.3 is 9.13 Å². The van der Waals surface area contributed by atoms with Crippen LogP contribution in [-0.4, -0.2) is 9.13 Å². The van der Waals surface area contributed by atoms with Crippen LogP contribution in [0.5, 0.6) is 0 Å². The normalized spacial score (nSPS) is 11.8. The third-order valence-corrected chi connectivity index (χ3v) is 12.8. The van der Waals surface area contributed by atoms with Crippen molar-refractivity contribution in [2.75, 3.05) is 0 Å². The van der Waals surface area contributed by atoms with Crippen LogP contribution >= 0.6 is 0 Å². The van der Waals surface area contributed by atoms with E-state index < -0.39 is 11.7 Å². The summed E-state index contributed by atoms with van der Waals surface area (Å²) < 4.78 is 50.0. The molecule has 0 unspecified atom stereocenters. The lowest BCUT2D eigenvalue weighted by atomic mass is 9.91. The van der Waals surface area contributed by atoms with Gasteiger partial charge in [0, 0.05) is 32.7 Å². The monoisotopic (exact) mass is 838 g/mol. The van der Waals surface area contributed by atoms with E-state index in [0.717, 1.165) is 94.2 Å². The van der Waals surface area contributed by atoms with Crippen LogP contribution in [0.2, 0.25) is 0 Å². The van der Waals surface area contributed by atoms with Gasteiger partial charge in [-0.05, 0) is 147 Å². The number of hydrogen-bond acceptors (Lipinski definition) is 2. The number of benzene rings is 8. The molecule has 0 N–H and O–H groups in total. The van der Waals surface area contributed by atoms with Crippen molar-refractivity contribution in [2.45, 2.75) is 47.7 Å². The van der Waals surface area contributed by atoms with Crippen LogP contribution in [0.15, 0.2) is 140 Å². The summed E-state index contributed by atoms with van der Waals surface area (Å²) in [5.41, 5.74) is 14.2. The zero-order valence-electron chi connectivity index (χ0n) is 36.2. The molecule has 0 spiro atoms. The summed E-state index contributed by atoms with van der Waals surface area (Å²) in [6, 6.07) is 48.5. The predicted octanol–water partition coefficient (Wildman–Crippen LogP) is 15.5. The van der Waals surface area contributed by atoms with Crippen LogP contribution < -0.4 is 0 Å². The molecule has 7 heteroatoms. The number of aromatic nitrogens is 2. The lowest BCUT2D eigenvalue weighted by Crippen LogP contribution is -2.11. The predicted molar refractivity (Wildman–Crippen MR) is 254 cm³/mol. The molecule has 0 atom stereocenters. The lowest BCUT2D eigenvalue weighted by Gasteiger charge is -2.22. The van der Waals surface area contributed by atoms with Crippen molar-refractivity contribution < 1.29 is 13.2 Å². The van der Waals surface area contributed by atoms with Crippen molar-refractivity contribution in [1.82, 2.24) is 9.13 Å². The maximum Gasteiger partial charge on any atom is 0.417 e. The van der Waals surface area contributed by atoms with Gasteiger partial charge in [0.05, 0.1) is 56.2 Å². The Balaban J connectivity index is 1.32. The summed E-state index contributed by atoms with van der Waals surface area (Å²) in [6.45, 7) is 12.6. The molecule has 4 nitrogen and oxygen atoms in total. The number of alkyl halides is 3. The third kappa shape index (κ3) is 6.27. The standard InChI is InChI=1S/C57H41F3N4/c1-32-22-34(3)54(35(4)23-32)38-18-20-50-44(26-38)42-13-7-9-16-48(42)63(50)52-29-46(56-40(30-61)12-11-15-47(56)57(58,59)60)53(28-41(52)31-62)64-49-17-10-8-14-43(49)45-27-39(19-21-51(45)64)55-36(5)24-33(2)25-37(55)6/h7-29H,1-6H3. The highest BCUT2D eigenvalue weighted by molar-refractivity contribution is 6.13. The van der Waals surface area contributed by atoms with Gasteiger partial charge in [-0.15, -0.1) is 0 Å². The van der Waals surface area contributed by atoms with Gasteiger partial charge in [0.1, 0.15) is 6.07 Å². The van der Waals surface area contributed by atoms with Gasteiger partial charge in [0.25, 0.3) is 0 Å². The minimum atomic E-state index is -4.80. The van der Waals surface area contributed by atoms with E-state index in [1.54, 1.807) is 12.1 Å². The second kappa shape index (κ2) is 14.9. The van der Waals surface area contributed by atoms with E-state index in [2.05, 4.69) is 102 Å². The lowest BCUT2D eigenvalue weighted by molar-refractivity contribution is -0.137. The van der Waals surface area contributed by atoms with E-state index >= 15 is 13.2 Å². The fourth-order valence-corrected chi connectivity index (χ4v) is 10.5. The van der Waals surface area contributed by atoms with E-state index in [4.69, 9.17) is 0 Å². The van der Waals surface area contributed by atoms with E-state index in [1.807, 2.05) is 69.8 Å². The number of aryl methyl sites for hydroxylation is 6. The fraction of sp³-hybridized carbons (Fsp3) is 0.123. The summed E-state index contributed by atoms with van der Waals surface area (Å²) >= 11 is 0. The van der Waals surface area contributed by atoms with Gasteiger partial charge in [-0.25, -0.2) is 0 Å². The molecule has 64 heavy (non-hydrogen) atoms. The van der Waals surface area contributed by atoms with Crippen LogP contribution in [0.25, 0.3) is 88.4 Å². The van der Waals surface area contributed by atoms with Crippen molar-refractivity contribution in [3.8, 4) is 56.9 Å². The first kappa shape index (κ1) is 40.2. The van der Waals surface area contributed by atoms with Gasteiger partial charge in [0.2, 0.25) is 0 Å². The van der Waals surface area contributed by atoms with Crippen molar-refractivity contribution in [2.24, 2.45) is 0 Å². The average Bonchev–Trinajstić information content (AvgIpc) is 3.77. The fourth-order valence-electron chi connectivity index (χ4n) is 10.5. The van der Waals surface area contributed by atoms with Crippen molar-refractivity contribution >= 4 is 43.6 Å². The van der Waals surface area contributed by atoms with Gasteiger partial charge in [-0.1, -0.05) is 90.0 Å². The summed E-state index contributed by atoms with van der Waals surface area (Å²) in [5, 5.41) is 25.4. The molecule has 8 aromatic carbocycles. The quantitative estimate of drug-likeness (QED) is 0.173. The number of hydrogen-bond donors (Lipinski definition) is 0. The molecule has 0 aliphatic heterocycles. The first-order chi connectivity index (χ1) is 30.8. The van der Waals surface area contributed by atoms with Crippen LogP contribution in [0, 0.1) is 64.2 Å². The second-order valence-electron chi connectivity index (χ2n) is 17.1. The van der Waals surface area contributed by atoms with Crippen LogP contribution in [-0.2, 0) is 6.18 Å². The summed E-state index contributed by atoms with van der Waals surface area (Å²) in [4.78, 5) is 0. The molecule has 0 bridgehead atoms. The second-order valence-corrected chi connectivity index (χ2v) is 17.1. The van der Waals surface area contributed by atoms with Gasteiger partial charge >= 0.3 is 6.18 Å². The molecule has 0 aliphatic carbocycles. The maximum atomic E-state index is 15.3. The average molecular weight is 839 g/mol. The molecule has 0 saturated heterocycles. The van der Waals surface area contributed by atoms with Gasteiger partial charge in [-0.3, -0.25) is 0 Å². The molecule has 0 amide bonds. The smallest absolute Gasteiger partial charge is 0.309 e. The maximum absolute atomic E-state index is 15.3. The van der Waals surface area contributed by atoms with Crippen LogP contribution in [0.4, 0.5) is 13.2 Å². The zero-order chi connectivity index (χ0) is 44.8. The van der Waals surface area contributed by atoms with Crippen molar-refractivity contribution in [1.29, 1.82) is 10.5 Å². The molecule has 10 rings (SSSR count). The zero-order valence-corrected chi connectivity index (χ0v) is 36.2. The molecule has 310 valence electrons. The Morgan fingerprint density at radius 2 is 0.875 bits per heavy atom. The Morgan fingerprint density at radius 1 is 0.422 bits per heavy atom. The molecule has 2 heterocycles. The van der Waals surface area contributed by atoms with E-state index in [1.165, 1.54) is 23.3 Å². The Morgan fingerprint density at radius 3 is 1.34 bits per heavy atom. The highest BCUT2D eigenvalue weighted by Gasteiger charge is 2.36. The highest BCUT2D eigenvalue weighted by atomic mass is 19.4. The molecule has 0 aliphatic rings. The van der Waals surface area contributed by atoms with E-state index in [9.17, 15) is 10.5 Å². The number of nitriles is 2. The van der Waals surface area contributed by atoms with Crippen LogP contribution in [0.1, 0.15) is 50.1 Å². The summed E-state index contributed by atoms with van der Waals surface area (Å²) in [6.07, 6.45) is -4.80. The third-order valence-electron chi connectivity index (χ3n) is 12.8. The molecule has 2 aromatic heterocycles. The number of halogens is 3. The van der Waals surface area contributed by atoms with E-state index in [-0.39, 0.29) is 22.3 Å². The molecular formula is C57H41F3N4. The number of rotatable bonds is 5. The Bertz CT molecular complexity index is 3650. The number of nitrogens with zero attached hydrogens (tertiary/aromatic N) is 4. The first-order valence-electron chi connectivity index (χ1n) is 21.2. The number of para-hydroxylation sites is 2. The summed E-state index contributed by atoms with van der Waals surface area (Å²) in [7, 11) is 0.